The summed E-state index contributed by atoms with van der Waals surface area (Å²) in [7, 11) is 0. The van der Waals surface area contributed by atoms with Gasteiger partial charge < -0.3 is 9.67 Å². The van der Waals surface area contributed by atoms with Gasteiger partial charge in [-0.15, -0.1) is 10.2 Å². The molecule has 0 bridgehead atoms. The molecule has 1 N–H and O–H groups in total. The van der Waals surface area contributed by atoms with Crippen LogP contribution in [-0.4, -0.2) is 15.6 Å². The molecule has 0 saturated carbocycles. The second kappa shape index (κ2) is 7.56. The molecule has 0 aliphatic carbocycles. The summed E-state index contributed by atoms with van der Waals surface area (Å²) in [6, 6.07) is 19.3. The minimum atomic E-state index is -0.361. The molecule has 1 amide bonds. The average molecular weight is 436 g/mol. The molecule has 140 valence electrons. The molecule has 4 rings (SSSR count). The van der Waals surface area contributed by atoms with Gasteiger partial charge in [0.1, 0.15) is 0 Å². The fourth-order valence-electron chi connectivity index (χ4n) is 3.47. The Kier molecular flexibility index (Phi) is 4.96. The highest BCUT2D eigenvalue weighted by Crippen LogP contribution is 2.38. The molecule has 0 saturated heterocycles. The van der Waals surface area contributed by atoms with Crippen LogP contribution in [0.4, 0.5) is 5.69 Å². The summed E-state index contributed by atoms with van der Waals surface area (Å²) in [6.45, 7) is 2.54. The predicted octanol–water partition coefficient (Wildman–Crippen LogP) is 6.14. The van der Waals surface area contributed by atoms with E-state index in [1.54, 1.807) is 4.57 Å². The molecule has 3 aromatic carbocycles. The van der Waals surface area contributed by atoms with Crippen molar-refractivity contribution in [2.24, 2.45) is 10.2 Å². The van der Waals surface area contributed by atoms with E-state index in [4.69, 9.17) is 0 Å². The quantitative estimate of drug-likeness (QED) is 0.391. The number of halogens is 1. The van der Waals surface area contributed by atoms with Crippen LogP contribution in [0.3, 0.4) is 0 Å². The molecule has 6 heteroatoms. The second-order valence-corrected chi connectivity index (χ2v) is 7.31. The Bertz CT molecular complexity index is 1230. The number of aromatic hydroxyl groups is 1. The molecular formula is C22H18BrN3O2. The summed E-state index contributed by atoms with van der Waals surface area (Å²) in [5.74, 6) is -0.338. The van der Waals surface area contributed by atoms with Gasteiger partial charge in [-0.25, -0.2) is 0 Å². The zero-order valence-electron chi connectivity index (χ0n) is 15.3. The number of carbonyl (C=O) groups is 1. The van der Waals surface area contributed by atoms with Crippen molar-refractivity contribution in [3.8, 4) is 5.88 Å². The highest BCUT2D eigenvalue weighted by molar-refractivity contribution is 9.10. The molecule has 0 spiro atoms. The molecule has 28 heavy (non-hydrogen) atoms. The highest BCUT2D eigenvalue weighted by atomic mass is 79.9. The number of nitrogens with zero attached hydrogens (tertiary/aromatic N) is 3. The summed E-state index contributed by atoms with van der Waals surface area (Å²) in [5, 5.41) is 21.3. The van der Waals surface area contributed by atoms with Crippen molar-refractivity contribution in [3.63, 3.8) is 0 Å². The van der Waals surface area contributed by atoms with E-state index in [1.165, 1.54) is 0 Å². The van der Waals surface area contributed by atoms with E-state index < -0.39 is 0 Å². The Labute approximate surface area is 170 Å². The standard InChI is InChI=1S/C22H18BrN3O2/c1-2-26-19-10-6-5-9-17(19)21(22(26)28)25-24-20(27)13-14-11-12-18(23)16-8-4-3-7-15(14)16/h3-12,28H,2,13H2,1H3. The molecule has 4 aromatic rings. The number of para-hydroxylation sites is 1. The molecule has 0 atom stereocenters. The molecule has 1 heterocycles. The van der Waals surface area contributed by atoms with E-state index >= 15 is 0 Å². The van der Waals surface area contributed by atoms with Gasteiger partial charge in [0, 0.05) is 16.4 Å². The number of amides is 1. The third-order valence-electron chi connectivity index (χ3n) is 4.80. The average Bonchev–Trinajstić information content (AvgIpc) is 2.99. The maximum Gasteiger partial charge on any atom is 0.269 e. The number of benzene rings is 3. The fraction of sp³-hybridized carbons (Fsp3) is 0.136. The summed E-state index contributed by atoms with van der Waals surface area (Å²) in [5.41, 5.74) is 2.08. The van der Waals surface area contributed by atoms with Crippen molar-refractivity contribution in [1.82, 2.24) is 4.57 Å². The van der Waals surface area contributed by atoms with Crippen LogP contribution in [0.5, 0.6) is 5.88 Å². The lowest BCUT2D eigenvalue weighted by molar-refractivity contribution is -0.117. The van der Waals surface area contributed by atoms with Crippen molar-refractivity contribution in [3.05, 3.63) is 70.7 Å². The van der Waals surface area contributed by atoms with E-state index in [9.17, 15) is 9.90 Å². The molecular weight excluding hydrogens is 418 g/mol. The van der Waals surface area contributed by atoms with E-state index in [-0.39, 0.29) is 18.2 Å². The van der Waals surface area contributed by atoms with E-state index in [1.807, 2.05) is 67.6 Å². The summed E-state index contributed by atoms with van der Waals surface area (Å²) >= 11 is 3.54. The lowest BCUT2D eigenvalue weighted by atomic mass is 10.0. The summed E-state index contributed by atoms with van der Waals surface area (Å²) in [4.78, 5) is 12.5. The largest absolute Gasteiger partial charge is 0.493 e. The third-order valence-corrected chi connectivity index (χ3v) is 5.49. The monoisotopic (exact) mass is 435 g/mol. The number of azo groups is 1. The second-order valence-electron chi connectivity index (χ2n) is 6.46. The van der Waals surface area contributed by atoms with E-state index in [0.29, 0.717) is 12.2 Å². The SMILES string of the molecule is CCn1c(O)c(N=NC(=O)Cc2ccc(Br)c3ccccc23)c2ccccc21. The van der Waals surface area contributed by atoms with Crippen LogP contribution >= 0.6 is 15.9 Å². The minimum Gasteiger partial charge on any atom is -0.493 e. The van der Waals surface area contributed by atoms with Gasteiger partial charge in [0.15, 0.2) is 5.69 Å². The van der Waals surface area contributed by atoms with Crippen LogP contribution in [0.1, 0.15) is 12.5 Å². The Morgan fingerprint density at radius 3 is 2.43 bits per heavy atom. The first-order valence-corrected chi connectivity index (χ1v) is 9.80. The van der Waals surface area contributed by atoms with E-state index in [0.717, 1.165) is 31.7 Å². The van der Waals surface area contributed by atoms with Gasteiger partial charge in [0.2, 0.25) is 5.88 Å². The number of carbonyl (C=O) groups excluding carboxylic acids is 1. The number of aryl methyl sites for hydroxylation is 1. The van der Waals surface area contributed by atoms with Gasteiger partial charge in [0.25, 0.3) is 5.91 Å². The van der Waals surface area contributed by atoms with Crippen molar-refractivity contribution < 1.29 is 9.90 Å². The summed E-state index contributed by atoms with van der Waals surface area (Å²) < 4.78 is 2.73. The molecule has 0 fully saturated rings. The first-order valence-electron chi connectivity index (χ1n) is 9.01. The molecule has 5 nitrogen and oxygen atoms in total. The zero-order chi connectivity index (χ0) is 19.7. The van der Waals surface area contributed by atoms with Gasteiger partial charge in [0.05, 0.1) is 11.9 Å². The topological polar surface area (TPSA) is 66.9 Å². The Morgan fingerprint density at radius 2 is 1.68 bits per heavy atom. The van der Waals surface area contributed by atoms with Crippen molar-refractivity contribution in [1.29, 1.82) is 0 Å². The molecule has 0 aliphatic rings. The van der Waals surface area contributed by atoms with Crippen molar-refractivity contribution >= 4 is 49.2 Å². The molecule has 0 unspecified atom stereocenters. The maximum absolute atomic E-state index is 12.5. The van der Waals surface area contributed by atoms with Gasteiger partial charge >= 0.3 is 0 Å². The van der Waals surface area contributed by atoms with Crippen LogP contribution in [0, 0.1) is 0 Å². The van der Waals surface area contributed by atoms with Gasteiger partial charge in [-0.1, -0.05) is 64.5 Å². The minimum absolute atomic E-state index is 0.0225. The summed E-state index contributed by atoms with van der Waals surface area (Å²) in [6.07, 6.45) is 0.143. The molecule has 0 radical (unpaired) electrons. The fourth-order valence-corrected chi connectivity index (χ4v) is 3.95. The first kappa shape index (κ1) is 18.4. The number of rotatable bonds is 4. The lowest BCUT2D eigenvalue weighted by Gasteiger charge is -2.06. The Morgan fingerprint density at radius 1 is 1.00 bits per heavy atom. The van der Waals surface area contributed by atoms with Crippen LogP contribution in [0.25, 0.3) is 21.7 Å². The Hall–Kier alpha value is -2.99. The van der Waals surface area contributed by atoms with Crippen LogP contribution in [-0.2, 0) is 17.8 Å². The third kappa shape index (κ3) is 3.20. The highest BCUT2D eigenvalue weighted by Gasteiger charge is 2.16. The zero-order valence-corrected chi connectivity index (χ0v) is 16.8. The van der Waals surface area contributed by atoms with Gasteiger partial charge in [-0.2, -0.15) is 0 Å². The molecule has 1 aromatic heterocycles. The maximum atomic E-state index is 12.5. The van der Waals surface area contributed by atoms with Crippen molar-refractivity contribution in [2.45, 2.75) is 19.9 Å². The van der Waals surface area contributed by atoms with Gasteiger partial charge in [-0.05, 0) is 35.4 Å². The number of hydrogen-bond donors (Lipinski definition) is 1. The Balaban J connectivity index is 1.65. The van der Waals surface area contributed by atoms with E-state index in [2.05, 4.69) is 26.2 Å². The van der Waals surface area contributed by atoms with Crippen LogP contribution in [0.2, 0.25) is 0 Å². The van der Waals surface area contributed by atoms with Gasteiger partial charge in [-0.3, -0.25) is 4.79 Å². The normalized spacial score (nSPS) is 11.6. The number of aromatic nitrogens is 1. The van der Waals surface area contributed by atoms with Crippen molar-refractivity contribution in [2.75, 3.05) is 0 Å². The van der Waals surface area contributed by atoms with Crippen LogP contribution < -0.4 is 0 Å². The molecule has 0 aliphatic heterocycles. The number of fused-ring (bicyclic) bond motifs is 2. The predicted molar refractivity (Wildman–Crippen MR) is 114 cm³/mol. The smallest absolute Gasteiger partial charge is 0.269 e. The van der Waals surface area contributed by atoms with Crippen LogP contribution in [0.15, 0.2) is 75.4 Å². The first-order chi connectivity index (χ1) is 13.6. The number of hydrogen-bond acceptors (Lipinski definition) is 3. The lowest BCUT2D eigenvalue weighted by Crippen LogP contribution is -1.99.